The number of ketones is 1. The van der Waals surface area contributed by atoms with Crippen molar-refractivity contribution in [2.24, 2.45) is 11.8 Å². The van der Waals surface area contributed by atoms with Gasteiger partial charge in [-0.3, -0.25) is 4.79 Å². The number of ether oxygens (including phenoxy) is 2. The molecule has 52 heavy (non-hydrogen) atoms. The summed E-state index contributed by atoms with van der Waals surface area (Å²) < 4.78 is 12.5. The molecule has 2 aromatic carbocycles. The van der Waals surface area contributed by atoms with Gasteiger partial charge in [-0.15, -0.1) is 0 Å². The number of rotatable bonds is 12. The first kappa shape index (κ1) is 42.0. The number of phenolic OH excluding ortho intramolecular Hbond substituents is 2. The van der Waals surface area contributed by atoms with Crippen LogP contribution in [0.15, 0.2) is 24.3 Å². The van der Waals surface area contributed by atoms with E-state index in [0.29, 0.717) is 30.5 Å². The van der Waals surface area contributed by atoms with Gasteiger partial charge in [-0.2, -0.15) is 0 Å². The Labute approximate surface area is 316 Å². The summed E-state index contributed by atoms with van der Waals surface area (Å²) in [5.41, 5.74) is 2.98. The largest absolute Gasteiger partial charge is 0.507 e. The van der Waals surface area contributed by atoms with Gasteiger partial charge in [0.2, 0.25) is 0 Å². The predicted octanol–water partition coefficient (Wildman–Crippen LogP) is 9.52. The molecule has 0 aromatic heterocycles. The molecule has 2 aliphatic heterocycles. The average Bonchev–Trinajstić information content (AvgIpc) is 3.04. The van der Waals surface area contributed by atoms with E-state index in [9.17, 15) is 15.0 Å². The minimum absolute atomic E-state index is 0.178. The van der Waals surface area contributed by atoms with Crippen LogP contribution in [0.5, 0.6) is 23.0 Å². The quantitative estimate of drug-likeness (QED) is 0.212. The van der Waals surface area contributed by atoms with E-state index in [4.69, 9.17) is 9.47 Å². The van der Waals surface area contributed by atoms with Gasteiger partial charge in [-0.05, 0) is 111 Å². The van der Waals surface area contributed by atoms with E-state index in [-0.39, 0.29) is 33.5 Å². The Morgan fingerprint density at radius 3 is 1.08 bits per heavy atom. The summed E-state index contributed by atoms with van der Waals surface area (Å²) in [4.78, 5) is 18.5. The Morgan fingerprint density at radius 1 is 0.558 bits per heavy atom. The molecule has 0 atom stereocenters. The molecule has 2 aliphatic rings. The zero-order valence-corrected chi connectivity index (χ0v) is 34.9. The van der Waals surface area contributed by atoms with E-state index in [2.05, 4.69) is 92.9 Å². The van der Waals surface area contributed by atoms with Gasteiger partial charge in [-0.25, -0.2) is 0 Å². The van der Waals surface area contributed by atoms with Crippen molar-refractivity contribution in [3.05, 3.63) is 46.5 Å². The van der Waals surface area contributed by atoms with Crippen LogP contribution < -0.4 is 9.47 Å². The lowest BCUT2D eigenvalue weighted by atomic mass is 9.79. The van der Waals surface area contributed by atoms with Crippen LogP contribution in [0.25, 0.3) is 0 Å². The number of hydrogen-bond donors (Lipinski definition) is 2. The van der Waals surface area contributed by atoms with Gasteiger partial charge >= 0.3 is 0 Å². The number of carbonyl (C=O) groups excluding carboxylic acids is 1. The fourth-order valence-electron chi connectivity index (χ4n) is 7.84. The van der Waals surface area contributed by atoms with E-state index < -0.39 is 0 Å². The third-order valence-electron chi connectivity index (χ3n) is 11.2. The van der Waals surface area contributed by atoms with Gasteiger partial charge in [0.1, 0.15) is 28.8 Å². The molecule has 0 radical (unpaired) electrons. The second-order valence-electron chi connectivity index (χ2n) is 19.8. The Hall–Kier alpha value is -2.77. The third-order valence-corrected chi connectivity index (χ3v) is 11.2. The lowest BCUT2D eigenvalue weighted by Gasteiger charge is -2.36. The number of phenols is 2. The topological polar surface area (TPSA) is 82.5 Å². The maximum Gasteiger partial charge on any atom is 0.139 e. The minimum Gasteiger partial charge on any atom is -0.507 e. The molecule has 2 N–H and O–H groups in total. The van der Waals surface area contributed by atoms with Crippen molar-refractivity contribution in [1.82, 2.24) is 9.80 Å². The van der Waals surface area contributed by atoms with Gasteiger partial charge in [0.05, 0.1) is 13.2 Å². The standard InChI is InChI=1S/C45H72N2O5/c1-42(2,3)35-27-33(28-36(40(35)49)43(4,5)6)51-25-13-19-46-21-15-31(16-22-46)39(48)32-17-23-47(24-18-32)20-14-26-52-34-29-37(44(7,8)9)41(50)38(30-34)45(10,11)12/h27-32,49-50H,13-26H2,1-12H3. The highest BCUT2D eigenvalue weighted by atomic mass is 16.5. The summed E-state index contributed by atoms with van der Waals surface area (Å²) in [5.74, 6) is 3.31. The zero-order chi connectivity index (χ0) is 38.6. The van der Waals surface area contributed by atoms with E-state index in [1.807, 2.05) is 24.3 Å². The van der Waals surface area contributed by atoms with Crippen LogP contribution >= 0.6 is 0 Å². The fraction of sp³-hybridized carbons (Fsp3) is 0.711. The van der Waals surface area contributed by atoms with E-state index in [1.165, 1.54) is 0 Å². The van der Waals surface area contributed by atoms with Crippen LogP contribution in [-0.4, -0.2) is 78.3 Å². The number of aromatic hydroxyl groups is 2. The molecule has 7 nitrogen and oxygen atoms in total. The van der Waals surface area contributed by atoms with Gasteiger partial charge in [-0.1, -0.05) is 83.1 Å². The normalized spacial score (nSPS) is 17.8. The molecule has 2 fully saturated rings. The van der Waals surface area contributed by atoms with Crippen molar-refractivity contribution in [3.8, 4) is 23.0 Å². The number of benzene rings is 2. The highest BCUT2D eigenvalue weighted by molar-refractivity contribution is 5.83. The molecule has 0 aliphatic carbocycles. The second kappa shape index (κ2) is 16.7. The summed E-state index contributed by atoms with van der Waals surface area (Å²) in [5, 5.41) is 22.0. The number of likely N-dealkylation sites (tertiary alicyclic amines) is 2. The van der Waals surface area contributed by atoms with Gasteiger partial charge < -0.3 is 29.5 Å². The molecule has 0 unspecified atom stereocenters. The highest BCUT2D eigenvalue weighted by Gasteiger charge is 2.33. The average molecular weight is 721 g/mol. The second-order valence-corrected chi connectivity index (χ2v) is 19.8. The molecule has 0 amide bonds. The molecule has 7 heteroatoms. The lowest BCUT2D eigenvalue weighted by Crippen LogP contribution is -2.42. The van der Waals surface area contributed by atoms with Crippen molar-refractivity contribution in [2.45, 2.75) is 143 Å². The number of nitrogens with zero attached hydrogens (tertiary/aromatic N) is 2. The molecule has 2 aromatic rings. The van der Waals surface area contributed by atoms with Crippen molar-refractivity contribution in [1.29, 1.82) is 0 Å². The van der Waals surface area contributed by atoms with Crippen LogP contribution in [0.3, 0.4) is 0 Å². The molecular weight excluding hydrogens is 649 g/mol. The number of carbonyl (C=O) groups is 1. The van der Waals surface area contributed by atoms with Crippen LogP contribution in [-0.2, 0) is 26.5 Å². The van der Waals surface area contributed by atoms with Gasteiger partial charge in [0.15, 0.2) is 0 Å². The van der Waals surface area contributed by atoms with Gasteiger partial charge in [0, 0.05) is 47.2 Å². The van der Waals surface area contributed by atoms with Crippen molar-refractivity contribution >= 4 is 5.78 Å². The molecule has 2 heterocycles. The third kappa shape index (κ3) is 11.1. The minimum atomic E-state index is -0.178. The molecular formula is C45H72N2O5. The molecule has 0 spiro atoms. The summed E-state index contributed by atoms with van der Waals surface area (Å²) in [6.07, 6.45) is 5.72. The van der Waals surface area contributed by atoms with E-state index >= 15 is 0 Å². The lowest BCUT2D eigenvalue weighted by molar-refractivity contribution is -0.129. The first-order chi connectivity index (χ1) is 24.1. The van der Waals surface area contributed by atoms with Crippen molar-refractivity contribution < 1.29 is 24.5 Å². The highest BCUT2D eigenvalue weighted by Crippen LogP contribution is 2.43. The number of hydrogen-bond acceptors (Lipinski definition) is 7. The Balaban J connectivity index is 1.15. The summed E-state index contributed by atoms with van der Waals surface area (Å²) in [6.45, 7) is 32.6. The first-order valence-corrected chi connectivity index (χ1v) is 20.1. The summed E-state index contributed by atoms with van der Waals surface area (Å²) in [7, 11) is 0. The fourth-order valence-corrected chi connectivity index (χ4v) is 7.84. The van der Waals surface area contributed by atoms with Crippen LogP contribution in [0.1, 0.15) is 144 Å². The smallest absolute Gasteiger partial charge is 0.139 e. The predicted molar refractivity (Wildman–Crippen MR) is 215 cm³/mol. The first-order valence-electron chi connectivity index (χ1n) is 20.1. The zero-order valence-electron chi connectivity index (χ0n) is 34.9. The number of Topliss-reactive ketones (excluding diaryl/α,β-unsaturated/α-hetero) is 1. The SMILES string of the molecule is CC(C)(C)c1cc(OCCCN2CCC(C(=O)C3CCN(CCCOc4cc(C(C)(C)C)c(O)c(C(C)(C)C)c4)CC3)CC2)cc(C(C)(C)C)c1O. The summed E-state index contributed by atoms with van der Waals surface area (Å²) >= 11 is 0. The van der Waals surface area contributed by atoms with E-state index in [1.54, 1.807) is 0 Å². The molecule has 292 valence electrons. The van der Waals surface area contributed by atoms with Gasteiger partial charge in [0.25, 0.3) is 0 Å². The Kier molecular flexibility index (Phi) is 13.5. The van der Waals surface area contributed by atoms with Crippen LogP contribution in [0, 0.1) is 11.8 Å². The molecule has 2 saturated heterocycles. The number of piperidine rings is 2. The monoisotopic (exact) mass is 721 g/mol. The molecule has 0 saturated carbocycles. The van der Waals surface area contributed by atoms with Crippen LogP contribution in [0.2, 0.25) is 0 Å². The van der Waals surface area contributed by atoms with Crippen molar-refractivity contribution in [3.63, 3.8) is 0 Å². The Morgan fingerprint density at radius 2 is 0.827 bits per heavy atom. The summed E-state index contributed by atoms with van der Waals surface area (Å²) in [6, 6.07) is 8.02. The van der Waals surface area contributed by atoms with E-state index in [0.717, 1.165) is 112 Å². The maximum absolute atomic E-state index is 13.5. The molecule has 4 rings (SSSR count). The Bertz CT molecular complexity index is 1310. The van der Waals surface area contributed by atoms with Crippen LogP contribution in [0.4, 0.5) is 0 Å². The van der Waals surface area contributed by atoms with Crippen molar-refractivity contribution in [2.75, 3.05) is 52.5 Å². The maximum atomic E-state index is 13.5. The molecule has 0 bridgehead atoms.